The number of sulfonamides is 2. The third-order valence-corrected chi connectivity index (χ3v) is 7.66. The van der Waals surface area contributed by atoms with Gasteiger partial charge >= 0.3 is 0 Å². The number of aryl methyl sites for hydroxylation is 1. The fourth-order valence-electron chi connectivity index (χ4n) is 2.86. The molecule has 0 aromatic heterocycles. The Kier molecular flexibility index (Phi) is 4.72. The predicted octanol–water partition coefficient (Wildman–Crippen LogP) is 1.65. The second-order valence-electron chi connectivity index (χ2n) is 6.04. The van der Waals surface area contributed by atoms with E-state index in [-0.39, 0.29) is 16.3 Å². The van der Waals surface area contributed by atoms with Gasteiger partial charge in [0, 0.05) is 13.1 Å². The first-order chi connectivity index (χ1) is 11.7. The number of nitrogens with one attached hydrogen (secondary N) is 1. The molecule has 8 heteroatoms. The molecule has 0 saturated heterocycles. The Balaban J connectivity index is 1.94. The molecule has 0 bridgehead atoms. The monoisotopic (exact) mass is 380 g/mol. The molecule has 0 amide bonds. The van der Waals surface area contributed by atoms with Crippen LogP contribution in [0.4, 0.5) is 0 Å². The second kappa shape index (κ2) is 6.53. The molecule has 2 aromatic carbocycles. The molecule has 0 unspecified atom stereocenters. The zero-order valence-electron chi connectivity index (χ0n) is 14.1. The molecule has 1 aliphatic heterocycles. The molecule has 0 fully saturated rings. The lowest BCUT2D eigenvalue weighted by Crippen LogP contribution is -2.36. The first-order valence-electron chi connectivity index (χ1n) is 7.86. The van der Waals surface area contributed by atoms with Gasteiger partial charge in [0.05, 0.1) is 9.79 Å². The summed E-state index contributed by atoms with van der Waals surface area (Å²) >= 11 is 0. The highest BCUT2D eigenvalue weighted by Crippen LogP contribution is 2.27. The third kappa shape index (κ3) is 3.48. The quantitative estimate of drug-likeness (QED) is 0.874. The Hall–Kier alpha value is -1.74. The molecule has 1 N–H and O–H groups in total. The van der Waals surface area contributed by atoms with Gasteiger partial charge < -0.3 is 0 Å². The minimum Gasteiger partial charge on any atom is -0.214 e. The maximum atomic E-state index is 12.8. The molecular formula is C17H20N2O4S2. The number of fused-ring (bicyclic) bond motifs is 1. The highest BCUT2D eigenvalue weighted by atomic mass is 32.2. The van der Waals surface area contributed by atoms with Gasteiger partial charge in [0.15, 0.2) is 0 Å². The van der Waals surface area contributed by atoms with Crippen molar-refractivity contribution in [1.82, 2.24) is 9.03 Å². The van der Waals surface area contributed by atoms with Crippen molar-refractivity contribution in [3.63, 3.8) is 0 Å². The maximum Gasteiger partial charge on any atom is 0.243 e. The lowest BCUT2D eigenvalue weighted by atomic mass is 10.0. The second-order valence-corrected chi connectivity index (χ2v) is 9.86. The summed E-state index contributed by atoms with van der Waals surface area (Å²) in [5.74, 6) is 0. The number of hydrogen-bond acceptors (Lipinski definition) is 4. The van der Waals surface area contributed by atoms with Crippen LogP contribution in [-0.4, -0.2) is 34.7 Å². The molecule has 25 heavy (non-hydrogen) atoms. The minimum absolute atomic E-state index is 0.142. The fourth-order valence-corrected chi connectivity index (χ4v) is 5.06. The van der Waals surface area contributed by atoms with Crippen molar-refractivity contribution in [2.45, 2.75) is 29.7 Å². The van der Waals surface area contributed by atoms with E-state index in [1.165, 1.54) is 11.4 Å². The fraction of sp³-hybridized carbons (Fsp3) is 0.294. The van der Waals surface area contributed by atoms with E-state index in [0.717, 1.165) is 16.7 Å². The molecule has 0 saturated carbocycles. The smallest absolute Gasteiger partial charge is 0.214 e. The van der Waals surface area contributed by atoms with E-state index in [9.17, 15) is 16.8 Å². The SMILES string of the molecule is CNS(=O)(=O)c1ccc2c(c1)CN(S(=O)(=O)c1ccc(C)cc1)CC2. The van der Waals surface area contributed by atoms with Crippen LogP contribution in [0.5, 0.6) is 0 Å². The van der Waals surface area contributed by atoms with E-state index in [2.05, 4.69) is 4.72 Å². The van der Waals surface area contributed by atoms with Crippen LogP contribution in [0, 0.1) is 6.92 Å². The number of hydrogen-bond donors (Lipinski definition) is 1. The van der Waals surface area contributed by atoms with Gasteiger partial charge in [0.25, 0.3) is 0 Å². The molecule has 1 aliphatic rings. The van der Waals surface area contributed by atoms with Crippen LogP contribution in [0.25, 0.3) is 0 Å². The third-order valence-electron chi connectivity index (χ3n) is 4.39. The van der Waals surface area contributed by atoms with Crippen LogP contribution in [-0.2, 0) is 33.0 Å². The van der Waals surface area contributed by atoms with Gasteiger partial charge in [0.2, 0.25) is 20.0 Å². The molecule has 0 aliphatic carbocycles. The number of rotatable bonds is 4. The molecule has 0 radical (unpaired) electrons. The van der Waals surface area contributed by atoms with E-state index in [1.54, 1.807) is 42.5 Å². The highest BCUT2D eigenvalue weighted by molar-refractivity contribution is 7.89. The maximum absolute atomic E-state index is 12.8. The minimum atomic E-state index is -3.61. The van der Waals surface area contributed by atoms with Crippen molar-refractivity contribution in [2.24, 2.45) is 0 Å². The van der Waals surface area contributed by atoms with E-state index < -0.39 is 20.0 Å². The normalized spacial score (nSPS) is 15.8. The van der Waals surface area contributed by atoms with Crippen molar-refractivity contribution in [1.29, 1.82) is 0 Å². The van der Waals surface area contributed by atoms with E-state index in [0.29, 0.717) is 13.0 Å². The summed E-state index contributed by atoms with van der Waals surface area (Å²) in [6.45, 7) is 2.44. The standard InChI is InChI=1S/C17H20N2O4S2/c1-13-3-6-16(7-4-13)25(22,23)19-10-9-14-5-8-17(11-15(14)12-19)24(20,21)18-2/h3-8,11,18H,9-10,12H2,1-2H3. The predicted molar refractivity (Wildman–Crippen MR) is 95.2 cm³/mol. The van der Waals surface area contributed by atoms with Crippen LogP contribution in [0.1, 0.15) is 16.7 Å². The summed E-state index contributed by atoms with van der Waals surface area (Å²) < 4.78 is 53.3. The molecule has 134 valence electrons. The molecular weight excluding hydrogens is 360 g/mol. The van der Waals surface area contributed by atoms with Gasteiger partial charge in [-0.25, -0.2) is 21.6 Å². The lowest BCUT2D eigenvalue weighted by molar-refractivity contribution is 0.391. The van der Waals surface area contributed by atoms with Crippen LogP contribution < -0.4 is 4.72 Å². The Morgan fingerprint density at radius 3 is 2.20 bits per heavy atom. The molecule has 0 atom stereocenters. The zero-order valence-corrected chi connectivity index (χ0v) is 15.7. The molecule has 6 nitrogen and oxygen atoms in total. The van der Waals surface area contributed by atoms with E-state index in [4.69, 9.17) is 0 Å². The Labute approximate surface area is 148 Å². The number of benzene rings is 2. The molecule has 2 aromatic rings. The summed E-state index contributed by atoms with van der Waals surface area (Å²) in [5, 5.41) is 0. The number of nitrogens with zero attached hydrogens (tertiary/aromatic N) is 1. The Bertz CT molecular complexity index is 997. The van der Waals surface area contributed by atoms with Crippen LogP contribution in [0.15, 0.2) is 52.3 Å². The summed E-state index contributed by atoms with van der Waals surface area (Å²) in [5.41, 5.74) is 2.69. The van der Waals surface area contributed by atoms with E-state index in [1.807, 2.05) is 6.92 Å². The summed E-state index contributed by atoms with van der Waals surface area (Å²) in [7, 11) is -5.82. The van der Waals surface area contributed by atoms with Crippen LogP contribution in [0.3, 0.4) is 0 Å². The largest absolute Gasteiger partial charge is 0.243 e. The van der Waals surface area contributed by atoms with Crippen molar-refractivity contribution in [2.75, 3.05) is 13.6 Å². The molecule has 1 heterocycles. The van der Waals surface area contributed by atoms with Crippen molar-refractivity contribution < 1.29 is 16.8 Å². The first kappa shape index (κ1) is 18.1. The van der Waals surface area contributed by atoms with Gasteiger partial charge in [0.1, 0.15) is 0 Å². The van der Waals surface area contributed by atoms with Gasteiger partial charge in [-0.3, -0.25) is 0 Å². The van der Waals surface area contributed by atoms with Crippen molar-refractivity contribution in [3.8, 4) is 0 Å². The Morgan fingerprint density at radius 2 is 1.56 bits per heavy atom. The van der Waals surface area contributed by atoms with Crippen LogP contribution in [0.2, 0.25) is 0 Å². The van der Waals surface area contributed by atoms with Gasteiger partial charge in [-0.1, -0.05) is 23.8 Å². The topological polar surface area (TPSA) is 83.6 Å². The lowest BCUT2D eigenvalue weighted by Gasteiger charge is -2.28. The summed E-state index contributed by atoms with van der Waals surface area (Å²) in [6.07, 6.45) is 0.556. The summed E-state index contributed by atoms with van der Waals surface area (Å²) in [6, 6.07) is 11.6. The zero-order chi connectivity index (χ0) is 18.2. The average Bonchev–Trinajstić information content (AvgIpc) is 2.61. The molecule has 3 rings (SSSR count). The van der Waals surface area contributed by atoms with Gasteiger partial charge in [-0.15, -0.1) is 0 Å². The average molecular weight is 380 g/mol. The highest BCUT2D eigenvalue weighted by Gasteiger charge is 2.29. The van der Waals surface area contributed by atoms with Crippen molar-refractivity contribution >= 4 is 20.0 Å². The van der Waals surface area contributed by atoms with Gasteiger partial charge in [-0.05, 0) is 55.8 Å². The molecule has 0 spiro atoms. The Morgan fingerprint density at radius 1 is 0.920 bits per heavy atom. The van der Waals surface area contributed by atoms with E-state index >= 15 is 0 Å². The van der Waals surface area contributed by atoms with Crippen LogP contribution >= 0.6 is 0 Å². The first-order valence-corrected chi connectivity index (χ1v) is 10.8. The van der Waals surface area contributed by atoms with Gasteiger partial charge in [-0.2, -0.15) is 4.31 Å². The van der Waals surface area contributed by atoms with Crippen molar-refractivity contribution in [3.05, 3.63) is 59.2 Å². The summed E-state index contributed by atoms with van der Waals surface area (Å²) in [4.78, 5) is 0.392.